The van der Waals surface area contributed by atoms with Gasteiger partial charge in [0.05, 0.1) is 0 Å². The van der Waals surface area contributed by atoms with E-state index in [1.807, 2.05) is 13.0 Å². The topological polar surface area (TPSA) is 75.4 Å². The summed E-state index contributed by atoms with van der Waals surface area (Å²) in [6.45, 7) is 5.57. The number of nitrogens with zero attached hydrogens (tertiary/aromatic N) is 5. The van der Waals surface area contributed by atoms with Gasteiger partial charge in [-0.2, -0.15) is 14.6 Å². The highest BCUT2D eigenvalue weighted by Crippen LogP contribution is 2.21. The van der Waals surface area contributed by atoms with Gasteiger partial charge in [-0.3, -0.25) is 4.79 Å². The fraction of sp³-hybridized carbons (Fsp3) is 0.571. The van der Waals surface area contributed by atoms with Crippen LogP contribution in [0.4, 0.5) is 5.82 Å². The number of hydrogen-bond acceptors (Lipinski definition) is 5. The van der Waals surface area contributed by atoms with Crippen LogP contribution in [0.3, 0.4) is 0 Å². The number of carbonyl (C=O) groups is 1. The van der Waals surface area contributed by atoms with Crippen LogP contribution in [0.1, 0.15) is 32.4 Å². The second-order valence-electron chi connectivity index (χ2n) is 5.34. The zero-order chi connectivity index (χ0) is 14.8. The van der Waals surface area contributed by atoms with Crippen molar-refractivity contribution < 1.29 is 4.79 Å². The lowest BCUT2D eigenvalue weighted by Crippen LogP contribution is -2.43. The van der Waals surface area contributed by atoms with Crippen molar-refractivity contribution >= 4 is 17.5 Å². The molecule has 7 heteroatoms. The largest absolute Gasteiger partial charge is 0.354 e. The summed E-state index contributed by atoms with van der Waals surface area (Å²) in [7, 11) is 0. The molecule has 0 radical (unpaired) electrons. The first-order chi connectivity index (χ1) is 10.2. The maximum Gasteiger partial charge on any atom is 0.254 e. The predicted molar refractivity (Wildman–Crippen MR) is 79.2 cm³/mol. The van der Waals surface area contributed by atoms with Crippen molar-refractivity contribution in [1.82, 2.24) is 24.9 Å². The van der Waals surface area contributed by atoms with Crippen molar-refractivity contribution in [2.24, 2.45) is 0 Å². The number of aromatic nitrogens is 4. The van der Waals surface area contributed by atoms with Crippen molar-refractivity contribution in [3.05, 3.63) is 18.1 Å². The first-order valence-electron chi connectivity index (χ1n) is 7.44. The molecule has 1 N–H and O–H groups in total. The Kier molecular flexibility index (Phi) is 3.72. The maximum atomic E-state index is 12.1. The van der Waals surface area contributed by atoms with Crippen molar-refractivity contribution in [2.75, 3.05) is 18.0 Å². The van der Waals surface area contributed by atoms with Crippen LogP contribution in [0.15, 0.2) is 12.4 Å². The summed E-state index contributed by atoms with van der Waals surface area (Å²) >= 11 is 0. The fourth-order valence-corrected chi connectivity index (χ4v) is 2.69. The van der Waals surface area contributed by atoms with Gasteiger partial charge in [-0.25, -0.2) is 4.98 Å². The van der Waals surface area contributed by atoms with E-state index in [-0.39, 0.29) is 11.9 Å². The molecule has 0 bridgehead atoms. The van der Waals surface area contributed by atoms with Crippen molar-refractivity contribution in [3.63, 3.8) is 0 Å². The van der Waals surface area contributed by atoms with Crippen LogP contribution < -0.4 is 10.2 Å². The quantitative estimate of drug-likeness (QED) is 0.904. The highest BCUT2D eigenvalue weighted by Gasteiger charge is 2.26. The lowest BCUT2D eigenvalue weighted by atomic mass is 10.2. The molecule has 2 aromatic heterocycles. The van der Waals surface area contributed by atoms with Crippen LogP contribution >= 0.6 is 0 Å². The molecule has 3 heterocycles. The Morgan fingerprint density at radius 2 is 2.33 bits per heavy atom. The van der Waals surface area contributed by atoms with E-state index in [0.29, 0.717) is 12.3 Å². The van der Waals surface area contributed by atoms with Crippen molar-refractivity contribution in [1.29, 1.82) is 0 Å². The summed E-state index contributed by atoms with van der Waals surface area (Å²) in [4.78, 5) is 22.9. The molecule has 0 saturated carbocycles. The first kappa shape index (κ1) is 13.8. The lowest BCUT2D eigenvalue weighted by molar-refractivity contribution is -0.121. The van der Waals surface area contributed by atoms with Gasteiger partial charge in [0.1, 0.15) is 18.2 Å². The second-order valence-corrected chi connectivity index (χ2v) is 5.34. The average molecular weight is 288 g/mol. The zero-order valence-corrected chi connectivity index (χ0v) is 12.4. The Morgan fingerprint density at radius 3 is 3.14 bits per heavy atom. The molecule has 0 spiro atoms. The van der Waals surface area contributed by atoms with E-state index in [1.54, 1.807) is 4.52 Å². The molecule has 7 nitrogen and oxygen atoms in total. The van der Waals surface area contributed by atoms with Crippen LogP contribution in [0, 0.1) is 0 Å². The molecule has 21 heavy (non-hydrogen) atoms. The summed E-state index contributed by atoms with van der Waals surface area (Å²) in [6, 6.07) is 1.80. The molecule has 1 saturated heterocycles. The fourth-order valence-electron chi connectivity index (χ4n) is 2.69. The number of anilines is 1. The number of fused-ring (bicyclic) bond motifs is 1. The molecule has 1 fully saturated rings. The van der Waals surface area contributed by atoms with Gasteiger partial charge in [0.25, 0.3) is 5.78 Å². The Morgan fingerprint density at radius 1 is 1.48 bits per heavy atom. The number of hydrogen-bond donors (Lipinski definition) is 1. The second kappa shape index (κ2) is 5.67. The number of rotatable bonds is 3. The van der Waals surface area contributed by atoms with E-state index in [2.05, 4.69) is 32.2 Å². The number of aryl methyl sites for hydroxylation is 1. The van der Waals surface area contributed by atoms with Gasteiger partial charge in [0.2, 0.25) is 5.91 Å². The summed E-state index contributed by atoms with van der Waals surface area (Å²) in [5.41, 5.74) is 0.991. The highest BCUT2D eigenvalue weighted by atomic mass is 16.2. The van der Waals surface area contributed by atoms with Crippen molar-refractivity contribution in [3.8, 4) is 0 Å². The molecule has 0 aromatic carbocycles. The van der Waals surface area contributed by atoms with E-state index in [0.717, 1.165) is 37.3 Å². The van der Waals surface area contributed by atoms with Crippen LogP contribution in [-0.4, -0.2) is 44.6 Å². The smallest absolute Gasteiger partial charge is 0.254 e. The minimum atomic E-state index is -0.225. The van der Waals surface area contributed by atoms with Gasteiger partial charge >= 0.3 is 0 Å². The van der Waals surface area contributed by atoms with Crippen LogP contribution in [0.2, 0.25) is 0 Å². The van der Waals surface area contributed by atoms with Crippen LogP contribution in [-0.2, 0) is 11.2 Å². The Balaban J connectivity index is 2.08. The van der Waals surface area contributed by atoms with Gasteiger partial charge in [-0.1, -0.05) is 13.3 Å². The molecular weight excluding hydrogens is 268 g/mol. The standard InChI is InChI=1S/C14H20N6O/c1-3-5-11-8-12(20-14(18-11)16-9-17-20)19-7-4-6-15-13(21)10(19)2/h8-10H,3-7H2,1-2H3,(H,15,21). The molecule has 1 aliphatic rings. The molecular formula is C14H20N6O. The average Bonchev–Trinajstić information content (AvgIpc) is 2.88. The van der Waals surface area contributed by atoms with Gasteiger partial charge in [0.15, 0.2) is 0 Å². The van der Waals surface area contributed by atoms with Crippen LogP contribution in [0.25, 0.3) is 5.78 Å². The van der Waals surface area contributed by atoms with E-state index >= 15 is 0 Å². The molecule has 112 valence electrons. The third-order valence-electron chi connectivity index (χ3n) is 3.81. The Hall–Kier alpha value is -2.18. The monoisotopic (exact) mass is 288 g/mol. The van der Waals surface area contributed by atoms with E-state index in [4.69, 9.17) is 0 Å². The van der Waals surface area contributed by atoms with E-state index < -0.39 is 0 Å². The molecule has 2 aromatic rings. The van der Waals surface area contributed by atoms with Crippen molar-refractivity contribution in [2.45, 2.75) is 39.2 Å². The van der Waals surface area contributed by atoms with Gasteiger partial charge in [-0.05, 0) is 19.8 Å². The number of amides is 1. The summed E-state index contributed by atoms with van der Waals surface area (Å²) in [6.07, 6.45) is 4.33. The maximum absolute atomic E-state index is 12.1. The van der Waals surface area contributed by atoms with Gasteiger partial charge in [0, 0.05) is 24.8 Å². The molecule has 1 unspecified atom stereocenters. The zero-order valence-electron chi connectivity index (χ0n) is 12.4. The number of nitrogens with one attached hydrogen (secondary N) is 1. The Bertz CT molecular complexity index is 652. The van der Waals surface area contributed by atoms with Gasteiger partial charge in [-0.15, -0.1) is 0 Å². The predicted octanol–water partition coefficient (Wildman–Crippen LogP) is 0.792. The SMILES string of the molecule is CCCc1cc(N2CCCNC(=O)C2C)n2ncnc2n1. The normalized spacial score (nSPS) is 19.6. The lowest BCUT2D eigenvalue weighted by Gasteiger charge is -2.27. The van der Waals surface area contributed by atoms with Crippen LogP contribution in [0.5, 0.6) is 0 Å². The summed E-state index contributed by atoms with van der Waals surface area (Å²) in [5.74, 6) is 1.54. The minimum absolute atomic E-state index is 0.0506. The summed E-state index contributed by atoms with van der Waals surface area (Å²) < 4.78 is 1.72. The third-order valence-corrected chi connectivity index (χ3v) is 3.81. The van der Waals surface area contributed by atoms with E-state index in [1.165, 1.54) is 6.33 Å². The highest BCUT2D eigenvalue weighted by molar-refractivity contribution is 5.85. The summed E-state index contributed by atoms with van der Waals surface area (Å²) in [5, 5.41) is 7.19. The Labute approximate surface area is 123 Å². The van der Waals surface area contributed by atoms with Gasteiger partial charge < -0.3 is 10.2 Å². The molecule has 0 aliphatic carbocycles. The van der Waals surface area contributed by atoms with E-state index in [9.17, 15) is 4.79 Å². The third kappa shape index (κ3) is 2.55. The minimum Gasteiger partial charge on any atom is -0.354 e. The molecule has 1 amide bonds. The molecule has 3 rings (SSSR count). The number of carbonyl (C=O) groups excluding carboxylic acids is 1. The molecule has 1 atom stereocenters. The molecule has 1 aliphatic heterocycles. The first-order valence-corrected chi connectivity index (χ1v) is 7.44.